The fourth-order valence-electron chi connectivity index (χ4n) is 3.23. The van der Waals surface area contributed by atoms with Crippen LogP contribution in [-0.4, -0.2) is 36.1 Å². The minimum Gasteiger partial charge on any atom is -0.393 e. The average Bonchev–Trinajstić information content (AvgIpc) is 3.32. The number of hydrogen-bond acceptors (Lipinski definition) is 3. The SMILES string of the molecule is Cc1ccc(N2C[C@H](C(=O)NCC[C@H](O)C3CC3)CC2=O)cc1C. The predicted molar refractivity (Wildman–Crippen MR) is 92.7 cm³/mol. The van der Waals surface area contributed by atoms with E-state index in [1.54, 1.807) is 4.90 Å². The molecule has 1 saturated heterocycles. The quantitative estimate of drug-likeness (QED) is 0.837. The van der Waals surface area contributed by atoms with Gasteiger partial charge in [0.05, 0.1) is 12.0 Å². The molecule has 1 saturated carbocycles. The number of hydrogen-bond donors (Lipinski definition) is 2. The van der Waals surface area contributed by atoms with E-state index in [9.17, 15) is 14.7 Å². The van der Waals surface area contributed by atoms with Crippen LogP contribution in [0.3, 0.4) is 0 Å². The van der Waals surface area contributed by atoms with Crippen LogP contribution in [0.5, 0.6) is 0 Å². The second-order valence-corrected chi connectivity index (χ2v) is 7.16. The van der Waals surface area contributed by atoms with E-state index in [-0.39, 0.29) is 30.3 Å². The highest BCUT2D eigenvalue weighted by atomic mass is 16.3. The molecule has 1 aliphatic heterocycles. The molecule has 0 unspecified atom stereocenters. The second kappa shape index (κ2) is 6.93. The van der Waals surface area contributed by atoms with Crippen molar-refractivity contribution in [3.8, 4) is 0 Å². The van der Waals surface area contributed by atoms with Crippen molar-refractivity contribution in [3.05, 3.63) is 29.3 Å². The van der Waals surface area contributed by atoms with Gasteiger partial charge in [-0.15, -0.1) is 0 Å². The number of aryl methyl sites for hydroxylation is 2. The number of carbonyl (C=O) groups excluding carboxylic acids is 2. The van der Waals surface area contributed by atoms with Gasteiger partial charge in [0, 0.05) is 25.2 Å². The lowest BCUT2D eigenvalue weighted by Gasteiger charge is -2.18. The summed E-state index contributed by atoms with van der Waals surface area (Å²) in [6.45, 7) is 4.97. The predicted octanol–water partition coefficient (Wildman–Crippen LogP) is 1.93. The summed E-state index contributed by atoms with van der Waals surface area (Å²) in [4.78, 5) is 26.3. The van der Waals surface area contributed by atoms with E-state index in [0.29, 0.717) is 25.4 Å². The van der Waals surface area contributed by atoms with E-state index < -0.39 is 0 Å². The van der Waals surface area contributed by atoms with Gasteiger partial charge in [-0.3, -0.25) is 9.59 Å². The third-order valence-electron chi connectivity index (χ3n) is 5.20. The second-order valence-electron chi connectivity index (χ2n) is 7.16. The first-order valence-corrected chi connectivity index (χ1v) is 8.79. The Morgan fingerprint density at radius 1 is 1.33 bits per heavy atom. The van der Waals surface area contributed by atoms with Crippen molar-refractivity contribution in [1.82, 2.24) is 5.32 Å². The van der Waals surface area contributed by atoms with Crippen LogP contribution >= 0.6 is 0 Å². The summed E-state index contributed by atoms with van der Waals surface area (Å²) in [5, 5.41) is 12.7. The summed E-state index contributed by atoms with van der Waals surface area (Å²) in [7, 11) is 0. The zero-order chi connectivity index (χ0) is 17.3. The van der Waals surface area contributed by atoms with Gasteiger partial charge in [0.2, 0.25) is 11.8 Å². The third kappa shape index (κ3) is 3.78. The summed E-state index contributed by atoms with van der Waals surface area (Å²) in [5.41, 5.74) is 3.19. The molecule has 1 heterocycles. The molecule has 24 heavy (non-hydrogen) atoms. The normalized spacial score (nSPS) is 21.9. The number of aliphatic hydroxyl groups is 1. The smallest absolute Gasteiger partial charge is 0.227 e. The lowest BCUT2D eigenvalue weighted by Crippen LogP contribution is -2.34. The molecule has 5 nitrogen and oxygen atoms in total. The Labute approximate surface area is 143 Å². The number of benzene rings is 1. The van der Waals surface area contributed by atoms with E-state index >= 15 is 0 Å². The Hall–Kier alpha value is -1.88. The molecule has 2 aliphatic rings. The van der Waals surface area contributed by atoms with Crippen LogP contribution in [0.25, 0.3) is 0 Å². The number of nitrogens with zero attached hydrogens (tertiary/aromatic N) is 1. The highest BCUT2D eigenvalue weighted by molar-refractivity contribution is 6.00. The van der Waals surface area contributed by atoms with Gasteiger partial charge in [-0.2, -0.15) is 0 Å². The van der Waals surface area contributed by atoms with Gasteiger partial charge >= 0.3 is 0 Å². The standard InChI is InChI=1S/C19H26N2O3/c1-12-3-6-16(9-13(12)2)21-11-15(10-18(21)23)19(24)20-8-7-17(22)14-4-5-14/h3,6,9,14-15,17,22H,4-5,7-8,10-11H2,1-2H3,(H,20,24)/t15-,17+/m1/s1. The minimum atomic E-state index is -0.308. The zero-order valence-corrected chi connectivity index (χ0v) is 14.4. The molecule has 1 aromatic carbocycles. The van der Waals surface area contributed by atoms with Crippen molar-refractivity contribution in [1.29, 1.82) is 0 Å². The monoisotopic (exact) mass is 330 g/mol. The summed E-state index contributed by atoms with van der Waals surface area (Å²) in [5.74, 6) is 0.0292. The van der Waals surface area contributed by atoms with E-state index in [2.05, 4.69) is 5.32 Å². The third-order valence-corrected chi connectivity index (χ3v) is 5.20. The van der Waals surface area contributed by atoms with Crippen molar-refractivity contribution in [3.63, 3.8) is 0 Å². The Balaban J connectivity index is 1.53. The van der Waals surface area contributed by atoms with Gasteiger partial charge in [0.1, 0.15) is 0 Å². The van der Waals surface area contributed by atoms with Crippen LogP contribution in [-0.2, 0) is 9.59 Å². The maximum atomic E-state index is 12.3. The zero-order valence-electron chi connectivity index (χ0n) is 14.4. The summed E-state index contributed by atoms with van der Waals surface area (Å²) in [6.07, 6.45) is 2.73. The Kier molecular flexibility index (Phi) is 4.90. The van der Waals surface area contributed by atoms with Gasteiger partial charge in [-0.1, -0.05) is 6.07 Å². The van der Waals surface area contributed by atoms with Crippen molar-refractivity contribution in [2.75, 3.05) is 18.0 Å². The van der Waals surface area contributed by atoms with Gasteiger partial charge in [0.15, 0.2) is 0 Å². The summed E-state index contributed by atoms with van der Waals surface area (Å²) >= 11 is 0. The number of nitrogens with one attached hydrogen (secondary N) is 1. The summed E-state index contributed by atoms with van der Waals surface area (Å²) < 4.78 is 0. The first kappa shape index (κ1) is 17.0. The lowest BCUT2D eigenvalue weighted by atomic mass is 10.1. The molecular formula is C19H26N2O3. The molecule has 5 heteroatoms. The molecule has 130 valence electrons. The van der Waals surface area contributed by atoms with Crippen LogP contribution < -0.4 is 10.2 Å². The van der Waals surface area contributed by atoms with Crippen LogP contribution in [0, 0.1) is 25.7 Å². The molecule has 0 aromatic heterocycles. The Bertz CT molecular complexity index is 639. The van der Waals surface area contributed by atoms with Gasteiger partial charge in [-0.05, 0) is 62.3 Å². The van der Waals surface area contributed by atoms with Crippen LogP contribution in [0.15, 0.2) is 18.2 Å². The Morgan fingerprint density at radius 3 is 2.75 bits per heavy atom. The number of carbonyl (C=O) groups is 2. The minimum absolute atomic E-state index is 0.00332. The first-order chi connectivity index (χ1) is 11.5. The average molecular weight is 330 g/mol. The van der Waals surface area contributed by atoms with Gasteiger partial charge in [-0.25, -0.2) is 0 Å². The molecule has 1 aromatic rings. The van der Waals surface area contributed by atoms with Crippen molar-refractivity contribution in [2.45, 2.75) is 45.6 Å². The number of aliphatic hydroxyl groups excluding tert-OH is 1. The fraction of sp³-hybridized carbons (Fsp3) is 0.579. The first-order valence-electron chi connectivity index (χ1n) is 8.79. The van der Waals surface area contributed by atoms with Gasteiger partial charge < -0.3 is 15.3 Å². The molecule has 0 spiro atoms. The van der Waals surface area contributed by atoms with Crippen LogP contribution in [0.1, 0.15) is 36.8 Å². The largest absolute Gasteiger partial charge is 0.393 e. The number of amides is 2. The van der Waals surface area contributed by atoms with E-state index in [0.717, 1.165) is 24.1 Å². The van der Waals surface area contributed by atoms with E-state index in [1.807, 2.05) is 32.0 Å². The molecule has 0 bridgehead atoms. The number of anilines is 1. The maximum absolute atomic E-state index is 12.3. The molecule has 1 aliphatic carbocycles. The summed E-state index contributed by atoms with van der Waals surface area (Å²) in [6, 6.07) is 5.94. The molecule has 3 rings (SSSR count). The molecule has 2 amide bonds. The number of rotatable bonds is 6. The van der Waals surface area contributed by atoms with Crippen LogP contribution in [0.2, 0.25) is 0 Å². The molecular weight excluding hydrogens is 304 g/mol. The highest BCUT2D eigenvalue weighted by Gasteiger charge is 2.35. The highest BCUT2D eigenvalue weighted by Crippen LogP contribution is 2.33. The molecule has 2 N–H and O–H groups in total. The fourth-order valence-corrected chi connectivity index (χ4v) is 3.23. The van der Waals surface area contributed by atoms with Crippen molar-refractivity contribution < 1.29 is 14.7 Å². The molecule has 0 radical (unpaired) electrons. The van der Waals surface area contributed by atoms with Crippen molar-refractivity contribution >= 4 is 17.5 Å². The topological polar surface area (TPSA) is 69.6 Å². The molecule has 2 atom stereocenters. The Morgan fingerprint density at radius 2 is 2.08 bits per heavy atom. The van der Waals surface area contributed by atoms with Crippen LogP contribution in [0.4, 0.5) is 5.69 Å². The van der Waals surface area contributed by atoms with Gasteiger partial charge in [0.25, 0.3) is 0 Å². The molecule has 2 fully saturated rings. The maximum Gasteiger partial charge on any atom is 0.227 e. The van der Waals surface area contributed by atoms with E-state index in [1.165, 1.54) is 5.56 Å². The van der Waals surface area contributed by atoms with Crippen molar-refractivity contribution in [2.24, 2.45) is 11.8 Å². The lowest BCUT2D eigenvalue weighted by molar-refractivity contribution is -0.126. The van der Waals surface area contributed by atoms with E-state index in [4.69, 9.17) is 0 Å².